The van der Waals surface area contributed by atoms with E-state index in [0.29, 0.717) is 43.0 Å². The summed E-state index contributed by atoms with van der Waals surface area (Å²) >= 11 is 0. The summed E-state index contributed by atoms with van der Waals surface area (Å²) in [6.45, 7) is 1.74. The van der Waals surface area contributed by atoms with Crippen molar-refractivity contribution in [2.75, 3.05) is 25.1 Å². The van der Waals surface area contributed by atoms with Crippen LogP contribution in [0.4, 0.5) is 29.1 Å². The lowest BCUT2D eigenvalue weighted by atomic mass is 10.0. The number of imidazole rings is 1. The predicted molar refractivity (Wildman–Crippen MR) is 130 cm³/mol. The van der Waals surface area contributed by atoms with Crippen LogP contribution in [-0.2, 0) is 19.1 Å². The molecular weight excluding hydrogens is 492 g/mol. The van der Waals surface area contributed by atoms with Crippen molar-refractivity contribution in [3.05, 3.63) is 59.8 Å². The van der Waals surface area contributed by atoms with Gasteiger partial charge in [0.25, 0.3) is 5.91 Å². The first-order chi connectivity index (χ1) is 17.8. The van der Waals surface area contributed by atoms with Gasteiger partial charge in [0.2, 0.25) is 0 Å². The number of anilines is 2. The van der Waals surface area contributed by atoms with E-state index < -0.39 is 18.5 Å². The van der Waals surface area contributed by atoms with Gasteiger partial charge in [0.15, 0.2) is 17.2 Å². The molecule has 0 aliphatic carbocycles. The lowest BCUT2D eigenvalue weighted by Crippen LogP contribution is -2.26. The van der Waals surface area contributed by atoms with E-state index in [2.05, 4.69) is 25.7 Å². The Bertz CT molecular complexity index is 1400. The average molecular weight is 519 g/mol. The van der Waals surface area contributed by atoms with Crippen LogP contribution in [0.5, 0.6) is 0 Å². The highest BCUT2D eigenvalue weighted by Gasteiger charge is 2.38. The molecule has 3 heterocycles. The first-order valence-electron chi connectivity index (χ1n) is 11.7. The Labute approximate surface area is 209 Å². The molecule has 37 heavy (non-hydrogen) atoms. The van der Waals surface area contributed by atoms with E-state index in [1.54, 1.807) is 12.1 Å². The zero-order chi connectivity index (χ0) is 26.6. The number of benzene rings is 1. The van der Waals surface area contributed by atoms with Gasteiger partial charge in [0.05, 0.1) is 24.0 Å². The highest BCUT2D eigenvalue weighted by Crippen LogP contribution is 2.37. The number of nitrogens with two attached hydrogens (primary N) is 1. The maximum Gasteiger partial charge on any atom is 0.435 e. The highest BCUT2D eigenvalue weighted by molar-refractivity contribution is 5.96. The fourth-order valence-corrected chi connectivity index (χ4v) is 3.95. The molecule has 3 aromatic heterocycles. The van der Waals surface area contributed by atoms with Crippen LogP contribution >= 0.6 is 0 Å². The van der Waals surface area contributed by atoms with Gasteiger partial charge in [0.1, 0.15) is 6.67 Å². The van der Waals surface area contributed by atoms with Crippen molar-refractivity contribution in [2.45, 2.75) is 32.5 Å². The van der Waals surface area contributed by atoms with Crippen molar-refractivity contribution in [3.63, 3.8) is 0 Å². The number of nitrogens with one attached hydrogen (secondary N) is 2. The minimum Gasteiger partial charge on any atom is -0.352 e. The molecule has 1 amide bonds. The van der Waals surface area contributed by atoms with Crippen molar-refractivity contribution in [3.8, 4) is 11.3 Å². The zero-order valence-electron chi connectivity index (χ0n) is 20.0. The van der Waals surface area contributed by atoms with Crippen molar-refractivity contribution in [2.24, 2.45) is 5.73 Å². The number of aryl methyl sites for hydroxylation is 2. The SMILES string of the molecule is CCc1cc(Nc2nccn3c(-c4cn(CCF)nc4C(F)(F)F)cnc23)ccc1C(=O)NCCCN. The van der Waals surface area contributed by atoms with Gasteiger partial charge in [-0.3, -0.25) is 13.9 Å². The summed E-state index contributed by atoms with van der Waals surface area (Å²) in [6.07, 6.45) is 1.91. The Balaban J connectivity index is 1.66. The summed E-state index contributed by atoms with van der Waals surface area (Å²) in [5, 5.41) is 9.51. The van der Waals surface area contributed by atoms with Crippen molar-refractivity contribution in [1.82, 2.24) is 29.5 Å². The predicted octanol–water partition coefficient (Wildman–Crippen LogP) is 3.97. The number of hydrogen-bond acceptors (Lipinski definition) is 6. The van der Waals surface area contributed by atoms with Gasteiger partial charge >= 0.3 is 6.18 Å². The smallest absolute Gasteiger partial charge is 0.352 e. The molecule has 0 aliphatic rings. The Hall–Kier alpha value is -4.00. The second-order valence-corrected chi connectivity index (χ2v) is 8.20. The van der Waals surface area contributed by atoms with E-state index >= 15 is 0 Å². The van der Waals surface area contributed by atoms with E-state index in [0.717, 1.165) is 16.4 Å². The summed E-state index contributed by atoms with van der Waals surface area (Å²) < 4.78 is 56.1. The average Bonchev–Trinajstić information content (AvgIpc) is 3.49. The molecule has 13 heteroatoms. The minimum atomic E-state index is -4.73. The molecule has 0 atom stereocenters. The topological polar surface area (TPSA) is 115 Å². The normalized spacial score (nSPS) is 11.7. The van der Waals surface area contributed by atoms with Gasteiger partial charge in [-0.15, -0.1) is 0 Å². The Morgan fingerprint density at radius 2 is 2.03 bits per heavy atom. The van der Waals surface area contributed by atoms with Crippen molar-refractivity contribution >= 4 is 23.1 Å². The van der Waals surface area contributed by atoms with E-state index in [1.165, 1.54) is 23.0 Å². The summed E-state index contributed by atoms with van der Waals surface area (Å²) in [4.78, 5) is 21.1. The van der Waals surface area contributed by atoms with E-state index in [4.69, 9.17) is 5.73 Å². The number of carbonyl (C=O) groups is 1. The van der Waals surface area contributed by atoms with Gasteiger partial charge in [-0.2, -0.15) is 18.3 Å². The number of carbonyl (C=O) groups excluding carboxylic acids is 1. The molecule has 0 spiro atoms. The molecular formula is C24H26F4N8O. The van der Waals surface area contributed by atoms with Gasteiger partial charge in [0, 0.05) is 36.4 Å². The molecule has 4 rings (SSSR count). The molecule has 9 nitrogen and oxygen atoms in total. The van der Waals surface area contributed by atoms with Crippen LogP contribution in [0.25, 0.3) is 16.9 Å². The molecule has 0 unspecified atom stereocenters. The van der Waals surface area contributed by atoms with Gasteiger partial charge in [-0.25, -0.2) is 14.4 Å². The quantitative estimate of drug-likeness (QED) is 0.216. The van der Waals surface area contributed by atoms with E-state index in [-0.39, 0.29) is 29.4 Å². The zero-order valence-corrected chi connectivity index (χ0v) is 20.0. The molecule has 0 fully saturated rings. The minimum absolute atomic E-state index is 0.136. The molecule has 0 bridgehead atoms. The molecule has 4 N–H and O–H groups in total. The first kappa shape index (κ1) is 26.1. The van der Waals surface area contributed by atoms with Gasteiger partial charge in [-0.1, -0.05) is 6.92 Å². The maximum absolute atomic E-state index is 13.7. The first-order valence-corrected chi connectivity index (χ1v) is 11.7. The molecule has 4 aromatic rings. The Morgan fingerprint density at radius 1 is 1.22 bits per heavy atom. The third-order valence-corrected chi connectivity index (χ3v) is 5.71. The van der Waals surface area contributed by atoms with Gasteiger partial charge < -0.3 is 16.4 Å². The number of halogens is 4. The lowest BCUT2D eigenvalue weighted by molar-refractivity contribution is -0.141. The van der Waals surface area contributed by atoms with Gasteiger partial charge in [-0.05, 0) is 43.1 Å². The van der Waals surface area contributed by atoms with Crippen LogP contribution in [0.2, 0.25) is 0 Å². The lowest BCUT2D eigenvalue weighted by Gasteiger charge is -2.13. The summed E-state index contributed by atoms with van der Waals surface area (Å²) in [6, 6.07) is 5.23. The molecule has 1 aromatic carbocycles. The number of alkyl halides is 4. The monoisotopic (exact) mass is 518 g/mol. The Morgan fingerprint density at radius 3 is 2.73 bits per heavy atom. The molecule has 196 valence electrons. The van der Waals surface area contributed by atoms with Crippen LogP contribution in [-0.4, -0.2) is 49.8 Å². The standard InChI is InChI=1S/C24H26F4N8O/c1-2-15-12-16(4-5-17(15)23(37)31-8-3-7-29)33-21-22-32-13-19(36(22)11-9-30-21)18-14-35(10-6-25)34-20(18)24(26,27)28/h4-5,9,11-14H,2-3,6-8,10,29H2,1H3,(H,30,33)(H,31,37). The number of aromatic nitrogens is 5. The van der Waals surface area contributed by atoms with Crippen LogP contribution in [0.1, 0.15) is 35.0 Å². The fourth-order valence-electron chi connectivity index (χ4n) is 3.95. The highest BCUT2D eigenvalue weighted by atomic mass is 19.4. The summed E-state index contributed by atoms with van der Waals surface area (Å²) in [5.41, 5.74) is 6.54. The number of amides is 1. The third-order valence-electron chi connectivity index (χ3n) is 5.71. The summed E-state index contributed by atoms with van der Waals surface area (Å²) in [5.74, 6) is 0.115. The Kier molecular flexibility index (Phi) is 7.71. The summed E-state index contributed by atoms with van der Waals surface area (Å²) in [7, 11) is 0. The van der Waals surface area contributed by atoms with Crippen molar-refractivity contribution < 1.29 is 22.4 Å². The fraction of sp³-hybridized carbons (Fsp3) is 0.333. The number of nitrogens with zero attached hydrogens (tertiary/aromatic N) is 5. The van der Waals surface area contributed by atoms with Crippen LogP contribution in [0.15, 0.2) is 43.0 Å². The number of rotatable bonds is 10. The number of fused-ring (bicyclic) bond motifs is 1. The molecule has 0 aliphatic heterocycles. The second kappa shape index (κ2) is 10.9. The van der Waals surface area contributed by atoms with E-state index in [1.807, 2.05) is 13.0 Å². The van der Waals surface area contributed by atoms with Crippen LogP contribution in [0, 0.1) is 0 Å². The largest absolute Gasteiger partial charge is 0.435 e. The molecule has 0 saturated carbocycles. The van der Waals surface area contributed by atoms with Crippen molar-refractivity contribution in [1.29, 1.82) is 0 Å². The molecule has 0 radical (unpaired) electrons. The maximum atomic E-state index is 13.7. The van der Waals surface area contributed by atoms with Crippen LogP contribution in [0.3, 0.4) is 0 Å². The second-order valence-electron chi connectivity index (χ2n) is 8.20. The van der Waals surface area contributed by atoms with E-state index in [9.17, 15) is 22.4 Å². The van der Waals surface area contributed by atoms with Crippen LogP contribution < -0.4 is 16.4 Å². The third kappa shape index (κ3) is 5.56. The molecule has 0 saturated heterocycles. The number of hydrogen-bond donors (Lipinski definition) is 3.